The van der Waals surface area contributed by atoms with Crippen molar-refractivity contribution < 1.29 is 58.8 Å². The minimum atomic E-state index is -1.08. The van der Waals surface area contributed by atoms with Gasteiger partial charge in [-0.1, -0.05) is 0 Å². The van der Waals surface area contributed by atoms with E-state index in [4.69, 9.17) is 49.2 Å². The monoisotopic (exact) mass is 460 g/mol. The van der Waals surface area contributed by atoms with Gasteiger partial charge in [-0.2, -0.15) is 0 Å². The predicted molar refractivity (Wildman–Crippen MR) is 110 cm³/mol. The third-order valence-electron chi connectivity index (χ3n) is 2.68. The van der Waals surface area contributed by atoms with Crippen LogP contribution in [0.25, 0.3) is 0 Å². The fourth-order valence-electron chi connectivity index (χ4n) is 1.39. The molecule has 188 valence electrons. The number of aliphatic carboxylic acids is 2. The molecule has 0 fully saturated rings. The number of ether oxygens (including phenoxy) is 5. The van der Waals surface area contributed by atoms with E-state index in [0.717, 1.165) is 0 Å². The molecule has 0 saturated heterocycles. The SMILES string of the molecule is CC(C)OCCOCCOCCO.O=C(O)CCC(=O)O.OCCOCCOCCO. The Morgan fingerprint density at radius 3 is 1.13 bits per heavy atom. The molecule has 0 bridgehead atoms. The van der Waals surface area contributed by atoms with Gasteiger partial charge in [-0.25, -0.2) is 0 Å². The summed E-state index contributed by atoms with van der Waals surface area (Å²) in [5.74, 6) is -2.15. The minimum Gasteiger partial charge on any atom is -0.481 e. The van der Waals surface area contributed by atoms with E-state index in [-0.39, 0.29) is 38.8 Å². The Bertz CT molecular complexity index is 344. The van der Waals surface area contributed by atoms with E-state index >= 15 is 0 Å². The molecular formula is C19H40O12. The van der Waals surface area contributed by atoms with Crippen molar-refractivity contribution in [1.29, 1.82) is 0 Å². The van der Waals surface area contributed by atoms with Gasteiger partial charge in [-0.05, 0) is 13.8 Å². The smallest absolute Gasteiger partial charge is 0.303 e. The normalized spacial score (nSPS) is 10.1. The Morgan fingerprint density at radius 1 is 0.581 bits per heavy atom. The average Bonchev–Trinajstić information content (AvgIpc) is 2.72. The number of carboxylic acid groups (broad SMARTS) is 2. The lowest BCUT2D eigenvalue weighted by molar-refractivity contribution is -0.143. The van der Waals surface area contributed by atoms with Crippen LogP contribution in [0, 0.1) is 0 Å². The molecule has 0 radical (unpaired) electrons. The zero-order valence-corrected chi connectivity index (χ0v) is 18.6. The summed E-state index contributed by atoms with van der Waals surface area (Å²) in [6.07, 6.45) is -0.334. The Hall–Kier alpha value is -1.38. The van der Waals surface area contributed by atoms with Crippen LogP contribution < -0.4 is 0 Å². The number of hydrogen-bond donors (Lipinski definition) is 5. The van der Waals surface area contributed by atoms with Gasteiger partial charge in [-0.3, -0.25) is 9.59 Å². The maximum absolute atomic E-state index is 9.64. The van der Waals surface area contributed by atoms with Crippen molar-refractivity contribution >= 4 is 11.9 Å². The van der Waals surface area contributed by atoms with Crippen LogP contribution in [0.2, 0.25) is 0 Å². The van der Waals surface area contributed by atoms with Crippen molar-refractivity contribution in [3.8, 4) is 0 Å². The van der Waals surface area contributed by atoms with Crippen molar-refractivity contribution in [2.45, 2.75) is 32.8 Å². The van der Waals surface area contributed by atoms with Crippen LogP contribution in [0.1, 0.15) is 26.7 Å². The zero-order valence-electron chi connectivity index (χ0n) is 18.6. The molecule has 0 amide bonds. The Morgan fingerprint density at radius 2 is 0.871 bits per heavy atom. The maximum Gasteiger partial charge on any atom is 0.303 e. The third-order valence-corrected chi connectivity index (χ3v) is 2.68. The molecular weight excluding hydrogens is 420 g/mol. The van der Waals surface area contributed by atoms with Crippen LogP contribution in [0.4, 0.5) is 0 Å². The molecule has 0 rings (SSSR count). The average molecular weight is 461 g/mol. The number of aliphatic hydroxyl groups excluding tert-OH is 3. The lowest BCUT2D eigenvalue weighted by atomic mass is 10.3. The molecule has 0 aromatic carbocycles. The molecule has 0 spiro atoms. The number of rotatable bonds is 19. The summed E-state index contributed by atoms with van der Waals surface area (Å²) < 4.78 is 25.2. The van der Waals surface area contributed by atoms with Gasteiger partial charge >= 0.3 is 11.9 Å². The first-order valence-corrected chi connectivity index (χ1v) is 10.00. The van der Waals surface area contributed by atoms with Crippen LogP contribution in [0.15, 0.2) is 0 Å². The lowest BCUT2D eigenvalue weighted by Crippen LogP contribution is -2.12. The minimum absolute atomic E-state index is 0.0417. The summed E-state index contributed by atoms with van der Waals surface area (Å²) in [4.78, 5) is 19.3. The molecule has 0 saturated carbocycles. The summed E-state index contributed by atoms with van der Waals surface area (Å²) in [6, 6.07) is 0. The summed E-state index contributed by atoms with van der Waals surface area (Å²) in [6.45, 7) is 8.46. The highest BCUT2D eigenvalue weighted by atomic mass is 16.5. The zero-order chi connectivity index (χ0) is 24.2. The molecule has 31 heavy (non-hydrogen) atoms. The molecule has 12 heteroatoms. The van der Waals surface area contributed by atoms with Gasteiger partial charge in [0.1, 0.15) is 0 Å². The van der Waals surface area contributed by atoms with Gasteiger partial charge in [0.15, 0.2) is 0 Å². The van der Waals surface area contributed by atoms with E-state index in [1.807, 2.05) is 13.8 Å². The number of carbonyl (C=O) groups is 2. The highest BCUT2D eigenvalue weighted by Crippen LogP contribution is 1.87. The third kappa shape index (κ3) is 47.7. The van der Waals surface area contributed by atoms with Crippen LogP contribution in [0.5, 0.6) is 0 Å². The molecule has 5 N–H and O–H groups in total. The predicted octanol–water partition coefficient (Wildman–Crippen LogP) is -0.623. The maximum atomic E-state index is 9.64. The van der Waals surface area contributed by atoms with Gasteiger partial charge < -0.3 is 49.2 Å². The lowest BCUT2D eigenvalue weighted by Gasteiger charge is -2.07. The largest absolute Gasteiger partial charge is 0.481 e. The van der Waals surface area contributed by atoms with Crippen LogP contribution in [-0.2, 0) is 33.3 Å². The number of aliphatic hydroxyl groups is 3. The van der Waals surface area contributed by atoms with Crippen molar-refractivity contribution in [1.82, 2.24) is 0 Å². The second-order valence-electron chi connectivity index (χ2n) is 5.83. The van der Waals surface area contributed by atoms with Gasteiger partial charge in [0, 0.05) is 0 Å². The molecule has 0 atom stereocenters. The highest BCUT2D eigenvalue weighted by molar-refractivity contribution is 5.75. The van der Waals surface area contributed by atoms with Gasteiger partial charge in [-0.15, -0.1) is 0 Å². The summed E-state index contributed by atoms with van der Waals surface area (Å²) in [5, 5.41) is 40.7. The first-order chi connectivity index (χ1) is 14.8. The topological polar surface area (TPSA) is 181 Å². The van der Waals surface area contributed by atoms with Crippen molar-refractivity contribution in [2.75, 3.05) is 79.3 Å². The van der Waals surface area contributed by atoms with E-state index in [1.54, 1.807) is 0 Å². The van der Waals surface area contributed by atoms with Crippen LogP contribution in [0.3, 0.4) is 0 Å². The fourth-order valence-corrected chi connectivity index (χ4v) is 1.39. The molecule has 0 unspecified atom stereocenters. The number of hydrogen-bond acceptors (Lipinski definition) is 10. The van der Waals surface area contributed by atoms with E-state index in [0.29, 0.717) is 59.5 Å². The van der Waals surface area contributed by atoms with Crippen LogP contribution in [-0.4, -0.2) is 123 Å². The van der Waals surface area contributed by atoms with E-state index < -0.39 is 11.9 Å². The van der Waals surface area contributed by atoms with E-state index in [2.05, 4.69) is 0 Å². The summed E-state index contributed by atoms with van der Waals surface area (Å²) >= 11 is 0. The summed E-state index contributed by atoms with van der Waals surface area (Å²) in [7, 11) is 0. The first-order valence-electron chi connectivity index (χ1n) is 10.00. The Balaban J connectivity index is -0.000000392. The number of carboxylic acids is 2. The van der Waals surface area contributed by atoms with Gasteiger partial charge in [0.2, 0.25) is 0 Å². The fraction of sp³-hybridized carbons (Fsp3) is 0.895. The molecule has 12 nitrogen and oxygen atoms in total. The second kappa shape index (κ2) is 30.8. The van der Waals surface area contributed by atoms with Crippen molar-refractivity contribution in [3.05, 3.63) is 0 Å². The van der Waals surface area contributed by atoms with Crippen molar-refractivity contribution in [3.63, 3.8) is 0 Å². The molecule has 0 heterocycles. The molecule has 0 aliphatic rings. The van der Waals surface area contributed by atoms with Crippen molar-refractivity contribution in [2.24, 2.45) is 0 Å². The standard InChI is InChI=1S/C9H20O4.C6H14O4.C4H6O4/c1-9(2)13-8-7-12-6-5-11-4-3-10;7-1-3-9-5-6-10-4-2-8;5-3(6)1-2-4(7)8/h9-10H,3-8H2,1-2H3;7-8H,1-6H2;1-2H2,(H,5,6)(H,7,8). The quantitative estimate of drug-likeness (QED) is 0.154. The van der Waals surface area contributed by atoms with E-state index in [1.165, 1.54) is 0 Å². The molecule has 0 aliphatic heterocycles. The van der Waals surface area contributed by atoms with Gasteiger partial charge in [0.05, 0.1) is 98.2 Å². The summed E-state index contributed by atoms with van der Waals surface area (Å²) in [5.41, 5.74) is 0. The first kappa shape index (κ1) is 34.2. The Labute approximate surface area is 183 Å². The van der Waals surface area contributed by atoms with E-state index in [9.17, 15) is 9.59 Å². The highest BCUT2D eigenvalue weighted by Gasteiger charge is 2.00. The molecule has 0 aromatic rings. The molecule has 0 aliphatic carbocycles. The molecule has 0 aromatic heterocycles. The van der Waals surface area contributed by atoms with Crippen LogP contribution >= 0.6 is 0 Å². The second-order valence-corrected chi connectivity index (χ2v) is 5.83. The Kier molecular flexibility index (Phi) is 34.0. The van der Waals surface area contributed by atoms with Gasteiger partial charge in [0.25, 0.3) is 0 Å².